The maximum Gasteiger partial charge on any atom is 0.0477 e. The zero-order valence-electron chi connectivity index (χ0n) is 11.2. The summed E-state index contributed by atoms with van der Waals surface area (Å²) in [5.41, 5.74) is 0. The fourth-order valence-corrected chi connectivity index (χ4v) is 2.34. The van der Waals surface area contributed by atoms with Gasteiger partial charge in [-0.1, -0.05) is 0 Å². The van der Waals surface area contributed by atoms with Gasteiger partial charge >= 0.3 is 0 Å². The van der Waals surface area contributed by atoms with E-state index < -0.39 is 0 Å². The van der Waals surface area contributed by atoms with Crippen LogP contribution in [0.1, 0.15) is 33.1 Å². The van der Waals surface area contributed by atoms with Crippen molar-refractivity contribution in [1.29, 1.82) is 0 Å². The topological polar surface area (TPSA) is 24.5 Å². The molecule has 1 rings (SSSR count). The average Bonchev–Trinajstić information content (AvgIpc) is 2.29. The first-order valence-electron chi connectivity index (χ1n) is 6.73. The fourth-order valence-electron chi connectivity index (χ4n) is 2.34. The van der Waals surface area contributed by atoms with E-state index in [-0.39, 0.29) is 0 Å². The minimum atomic E-state index is 0.662. The average molecular weight is 228 g/mol. The molecule has 0 bridgehead atoms. The normalized spacial score (nSPS) is 21.2. The second-order valence-corrected chi connectivity index (χ2v) is 4.93. The number of piperidine rings is 1. The molecule has 1 heterocycles. The van der Waals surface area contributed by atoms with Gasteiger partial charge in [-0.05, 0) is 65.7 Å². The van der Waals surface area contributed by atoms with Crippen LogP contribution in [0.2, 0.25) is 0 Å². The lowest BCUT2D eigenvalue weighted by atomic mass is 9.90. The molecule has 1 saturated heterocycles. The molecule has 1 fully saturated rings. The third kappa shape index (κ3) is 5.28. The van der Waals surface area contributed by atoms with Crippen LogP contribution >= 0.6 is 0 Å². The molecular formula is C13H28N2O. The third-order valence-electron chi connectivity index (χ3n) is 3.61. The summed E-state index contributed by atoms with van der Waals surface area (Å²) in [4.78, 5) is 2.43. The Balaban J connectivity index is 2.03. The molecule has 3 nitrogen and oxygen atoms in total. The number of rotatable bonds is 7. The standard InChI is InChI=1S/C13H28N2O/c1-4-16-11-5-8-14-12(2)13-6-9-15(3)10-7-13/h12-14H,4-11H2,1-3H3. The molecule has 1 aliphatic heterocycles. The fraction of sp³-hybridized carbons (Fsp3) is 1.00. The lowest BCUT2D eigenvalue weighted by Crippen LogP contribution is -2.41. The molecule has 3 heteroatoms. The molecule has 1 unspecified atom stereocenters. The molecule has 1 aliphatic rings. The van der Waals surface area contributed by atoms with E-state index in [2.05, 4.69) is 31.1 Å². The van der Waals surface area contributed by atoms with Crippen LogP contribution in [0.4, 0.5) is 0 Å². The molecule has 0 amide bonds. The van der Waals surface area contributed by atoms with E-state index in [4.69, 9.17) is 4.74 Å². The Labute approximate surface area is 101 Å². The van der Waals surface area contributed by atoms with Gasteiger partial charge in [0.1, 0.15) is 0 Å². The number of nitrogens with one attached hydrogen (secondary N) is 1. The minimum absolute atomic E-state index is 0.662. The first-order valence-corrected chi connectivity index (χ1v) is 6.73. The molecule has 1 N–H and O–H groups in total. The molecule has 0 aromatic heterocycles. The van der Waals surface area contributed by atoms with Crippen molar-refractivity contribution in [2.24, 2.45) is 5.92 Å². The van der Waals surface area contributed by atoms with Crippen LogP contribution in [0.3, 0.4) is 0 Å². The Bertz CT molecular complexity index is 167. The van der Waals surface area contributed by atoms with Crippen LogP contribution < -0.4 is 5.32 Å². The summed E-state index contributed by atoms with van der Waals surface area (Å²) in [6, 6.07) is 0.662. The number of ether oxygens (including phenoxy) is 1. The minimum Gasteiger partial charge on any atom is -0.382 e. The van der Waals surface area contributed by atoms with Crippen LogP contribution in [0.15, 0.2) is 0 Å². The van der Waals surface area contributed by atoms with Crippen molar-refractivity contribution in [1.82, 2.24) is 10.2 Å². The molecule has 1 atom stereocenters. The van der Waals surface area contributed by atoms with Gasteiger partial charge in [0.2, 0.25) is 0 Å². The summed E-state index contributed by atoms with van der Waals surface area (Å²) >= 11 is 0. The van der Waals surface area contributed by atoms with Gasteiger partial charge in [0.05, 0.1) is 0 Å². The molecule has 0 spiro atoms. The van der Waals surface area contributed by atoms with Gasteiger partial charge in [0.15, 0.2) is 0 Å². The highest BCUT2D eigenvalue weighted by molar-refractivity contribution is 4.78. The lowest BCUT2D eigenvalue weighted by Gasteiger charge is -2.33. The number of hydrogen-bond donors (Lipinski definition) is 1. The van der Waals surface area contributed by atoms with Gasteiger partial charge in [0.25, 0.3) is 0 Å². The Morgan fingerprint density at radius 3 is 2.69 bits per heavy atom. The second kappa shape index (κ2) is 8.04. The molecule has 16 heavy (non-hydrogen) atoms. The van der Waals surface area contributed by atoms with Crippen LogP contribution in [0.5, 0.6) is 0 Å². The summed E-state index contributed by atoms with van der Waals surface area (Å²) in [7, 11) is 2.22. The summed E-state index contributed by atoms with van der Waals surface area (Å²) in [5.74, 6) is 0.864. The smallest absolute Gasteiger partial charge is 0.0477 e. The molecule has 0 aromatic rings. The predicted molar refractivity (Wildman–Crippen MR) is 68.8 cm³/mol. The monoisotopic (exact) mass is 228 g/mol. The van der Waals surface area contributed by atoms with E-state index in [1.165, 1.54) is 25.9 Å². The number of nitrogens with zero attached hydrogens (tertiary/aromatic N) is 1. The van der Waals surface area contributed by atoms with E-state index >= 15 is 0 Å². The van der Waals surface area contributed by atoms with Crippen molar-refractivity contribution < 1.29 is 4.74 Å². The summed E-state index contributed by atoms with van der Waals surface area (Å²) < 4.78 is 5.33. The second-order valence-electron chi connectivity index (χ2n) is 4.93. The predicted octanol–water partition coefficient (Wildman–Crippen LogP) is 1.73. The molecule has 96 valence electrons. The first-order chi connectivity index (χ1) is 7.74. The lowest BCUT2D eigenvalue weighted by molar-refractivity contribution is 0.141. The molecule has 0 aromatic carbocycles. The maximum atomic E-state index is 5.33. The van der Waals surface area contributed by atoms with E-state index in [1.54, 1.807) is 0 Å². The van der Waals surface area contributed by atoms with Crippen molar-refractivity contribution >= 4 is 0 Å². The quantitative estimate of drug-likeness (QED) is 0.672. The van der Waals surface area contributed by atoms with Crippen molar-refractivity contribution in [3.63, 3.8) is 0 Å². The Kier molecular flexibility index (Phi) is 7.01. The highest BCUT2D eigenvalue weighted by atomic mass is 16.5. The maximum absolute atomic E-state index is 5.33. The summed E-state index contributed by atoms with van der Waals surface area (Å²) in [6.07, 6.45) is 3.82. The van der Waals surface area contributed by atoms with Crippen molar-refractivity contribution in [3.05, 3.63) is 0 Å². The van der Waals surface area contributed by atoms with Crippen molar-refractivity contribution in [2.75, 3.05) is 39.9 Å². The van der Waals surface area contributed by atoms with E-state index in [1.807, 2.05) is 0 Å². The van der Waals surface area contributed by atoms with Gasteiger partial charge in [-0.2, -0.15) is 0 Å². The van der Waals surface area contributed by atoms with Crippen LogP contribution in [0, 0.1) is 5.92 Å². The van der Waals surface area contributed by atoms with Gasteiger partial charge < -0.3 is 15.0 Å². The third-order valence-corrected chi connectivity index (χ3v) is 3.61. The Hall–Kier alpha value is -0.120. The van der Waals surface area contributed by atoms with Crippen LogP contribution in [-0.4, -0.2) is 50.8 Å². The zero-order valence-corrected chi connectivity index (χ0v) is 11.2. The van der Waals surface area contributed by atoms with E-state index in [9.17, 15) is 0 Å². The highest BCUT2D eigenvalue weighted by Gasteiger charge is 2.21. The SMILES string of the molecule is CCOCCCNC(C)C1CCN(C)CC1. The van der Waals surface area contributed by atoms with Gasteiger partial charge in [-0.15, -0.1) is 0 Å². The van der Waals surface area contributed by atoms with Crippen molar-refractivity contribution in [2.45, 2.75) is 39.2 Å². The van der Waals surface area contributed by atoms with Crippen molar-refractivity contribution in [3.8, 4) is 0 Å². The summed E-state index contributed by atoms with van der Waals surface area (Å²) in [6.45, 7) is 9.72. The molecule has 0 radical (unpaired) electrons. The molecule has 0 saturated carbocycles. The first kappa shape index (κ1) is 13.9. The van der Waals surface area contributed by atoms with Gasteiger partial charge in [-0.25, -0.2) is 0 Å². The Morgan fingerprint density at radius 2 is 2.06 bits per heavy atom. The number of hydrogen-bond acceptors (Lipinski definition) is 3. The van der Waals surface area contributed by atoms with Crippen LogP contribution in [-0.2, 0) is 4.74 Å². The molecular weight excluding hydrogens is 200 g/mol. The van der Waals surface area contributed by atoms with Gasteiger partial charge in [0, 0.05) is 19.3 Å². The Morgan fingerprint density at radius 1 is 1.38 bits per heavy atom. The summed E-state index contributed by atoms with van der Waals surface area (Å²) in [5, 5.41) is 3.63. The van der Waals surface area contributed by atoms with Crippen LogP contribution in [0.25, 0.3) is 0 Å². The zero-order chi connectivity index (χ0) is 11.8. The number of likely N-dealkylation sites (tertiary alicyclic amines) is 1. The van der Waals surface area contributed by atoms with Gasteiger partial charge in [-0.3, -0.25) is 0 Å². The highest BCUT2D eigenvalue weighted by Crippen LogP contribution is 2.19. The molecule has 0 aliphatic carbocycles. The van der Waals surface area contributed by atoms with E-state index in [0.717, 1.165) is 32.1 Å². The van der Waals surface area contributed by atoms with E-state index in [0.29, 0.717) is 6.04 Å². The largest absolute Gasteiger partial charge is 0.382 e.